The van der Waals surface area contributed by atoms with E-state index >= 15 is 0 Å². The molecule has 0 saturated carbocycles. The lowest BCUT2D eigenvalue weighted by Crippen LogP contribution is -2.42. The Labute approximate surface area is 229 Å². The summed E-state index contributed by atoms with van der Waals surface area (Å²) in [5.74, 6) is -0.0924. The van der Waals surface area contributed by atoms with E-state index in [1.165, 1.54) is 0 Å². The maximum atomic E-state index is 13.5. The van der Waals surface area contributed by atoms with Gasteiger partial charge < -0.3 is 9.64 Å². The molecule has 1 aliphatic rings. The van der Waals surface area contributed by atoms with Crippen LogP contribution in [0.1, 0.15) is 39.9 Å². The quantitative estimate of drug-likeness (QED) is 0.321. The van der Waals surface area contributed by atoms with Crippen LogP contribution in [-0.4, -0.2) is 52.1 Å². The molecule has 200 valence electrons. The maximum Gasteiger partial charge on any atom is 0.254 e. The van der Waals surface area contributed by atoms with Crippen molar-refractivity contribution in [2.45, 2.75) is 39.7 Å². The Hall–Kier alpha value is -4.23. The van der Waals surface area contributed by atoms with Crippen molar-refractivity contribution in [3.8, 4) is 16.9 Å². The highest BCUT2D eigenvalue weighted by Crippen LogP contribution is 2.25. The number of aromatic nitrogens is 2. The molecule has 0 spiro atoms. The third kappa shape index (κ3) is 6.26. The van der Waals surface area contributed by atoms with Crippen molar-refractivity contribution in [3.05, 3.63) is 101 Å². The Balaban J connectivity index is 1.42. The number of ether oxygens (including phenoxy) is 1. The van der Waals surface area contributed by atoms with Gasteiger partial charge in [0, 0.05) is 36.2 Å². The molecule has 2 amide bonds. The monoisotopic (exact) mass is 522 g/mol. The van der Waals surface area contributed by atoms with Crippen LogP contribution in [0, 0.1) is 20.8 Å². The van der Waals surface area contributed by atoms with E-state index in [2.05, 4.69) is 5.32 Å². The Morgan fingerprint density at radius 3 is 2.33 bits per heavy atom. The number of aryl methyl sites for hydroxylation is 3. The molecule has 7 nitrogen and oxygen atoms in total. The topological polar surface area (TPSA) is 76.5 Å². The largest absolute Gasteiger partial charge is 0.376 e. The van der Waals surface area contributed by atoms with Gasteiger partial charge in [0.25, 0.3) is 5.91 Å². The molecule has 5 rings (SSSR count). The lowest BCUT2D eigenvalue weighted by atomic mass is 10.1. The second-order valence-corrected chi connectivity index (χ2v) is 10.2. The minimum atomic E-state index is -0.315. The first kappa shape index (κ1) is 26.4. The number of rotatable bonds is 8. The normalized spacial score (nSPS) is 14.8. The van der Waals surface area contributed by atoms with Gasteiger partial charge in [0.2, 0.25) is 11.9 Å². The summed E-state index contributed by atoms with van der Waals surface area (Å²) < 4.78 is 7.68. The first-order chi connectivity index (χ1) is 18.9. The number of carbonyl (C=O) groups excluding carboxylic acids is 2. The molecule has 1 aromatic heterocycles. The molecule has 1 atom stereocenters. The summed E-state index contributed by atoms with van der Waals surface area (Å²) in [5, 5.41) is 2.98. The van der Waals surface area contributed by atoms with Crippen LogP contribution in [0.25, 0.3) is 16.9 Å². The van der Waals surface area contributed by atoms with Crippen molar-refractivity contribution in [1.82, 2.24) is 14.5 Å². The van der Waals surface area contributed by atoms with Gasteiger partial charge in [-0.1, -0.05) is 65.7 Å². The second kappa shape index (κ2) is 11.7. The fraction of sp³-hybridized carbons (Fsp3) is 0.281. The number of benzene rings is 3. The average molecular weight is 523 g/mol. The highest BCUT2D eigenvalue weighted by molar-refractivity contribution is 6.00. The van der Waals surface area contributed by atoms with Crippen LogP contribution in [0.3, 0.4) is 0 Å². The third-order valence-electron chi connectivity index (χ3n) is 7.06. The van der Waals surface area contributed by atoms with Crippen LogP contribution in [0.4, 0.5) is 5.95 Å². The molecule has 1 fully saturated rings. The Morgan fingerprint density at radius 2 is 1.67 bits per heavy atom. The fourth-order valence-electron chi connectivity index (χ4n) is 4.81. The second-order valence-electron chi connectivity index (χ2n) is 10.2. The third-order valence-corrected chi connectivity index (χ3v) is 7.06. The van der Waals surface area contributed by atoms with Crippen molar-refractivity contribution in [3.63, 3.8) is 0 Å². The van der Waals surface area contributed by atoms with Crippen LogP contribution >= 0.6 is 0 Å². The number of amides is 2. The summed E-state index contributed by atoms with van der Waals surface area (Å²) >= 11 is 0. The van der Waals surface area contributed by atoms with Gasteiger partial charge in [-0.15, -0.1) is 0 Å². The van der Waals surface area contributed by atoms with Gasteiger partial charge in [-0.2, -0.15) is 0 Å². The van der Waals surface area contributed by atoms with E-state index in [0.717, 1.165) is 46.5 Å². The van der Waals surface area contributed by atoms with Crippen molar-refractivity contribution in [2.75, 3.05) is 25.0 Å². The number of anilines is 1. The number of nitrogens with zero attached hydrogens (tertiary/aromatic N) is 3. The van der Waals surface area contributed by atoms with Crippen LogP contribution in [-0.2, 0) is 9.53 Å². The molecule has 1 saturated heterocycles. The van der Waals surface area contributed by atoms with E-state index in [0.29, 0.717) is 24.7 Å². The SMILES string of the molecule is Cc1ccc(-c2cn(-c3ccc(C)cc3)c(NC(=O)CN(C[C@@H]3CCCO3)C(=O)c3ccccc3C)n2)cc1. The summed E-state index contributed by atoms with van der Waals surface area (Å²) in [7, 11) is 0. The average Bonchev–Trinajstić information content (AvgIpc) is 3.59. The Kier molecular flexibility index (Phi) is 7.89. The number of hydrogen-bond donors (Lipinski definition) is 1. The van der Waals surface area contributed by atoms with Gasteiger partial charge in [0.15, 0.2) is 0 Å². The molecule has 0 aliphatic carbocycles. The molecule has 3 aromatic carbocycles. The molecule has 1 N–H and O–H groups in total. The van der Waals surface area contributed by atoms with Crippen LogP contribution < -0.4 is 5.32 Å². The first-order valence-corrected chi connectivity index (χ1v) is 13.4. The van der Waals surface area contributed by atoms with E-state index in [1.807, 2.05) is 98.3 Å². The molecule has 4 aromatic rings. The van der Waals surface area contributed by atoms with Gasteiger partial charge in [-0.25, -0.2) is 4.98 Å². The molecule has 0 radical (unpaired) electrons. The number of carbonyl (C=O) groups is 2. The standard InChI is InChI=1S/C32H34N4O3/c1-22-10-14-25(15-11-22)29-20-36(26-16-12-23(2)13-17-26)32(33-29)34-30(37)21-35(19-27-8-6-18-39-27)31(38)28-9-5-4-7-24(28)3/h4-5,7,9-17,20,27H,6,8,18-19,21H2,1-3H3,(H,33,34,37)/t27-/m0/s1. The smallest absolute Gasteiger partial charge is 0.254 e. The van der Waals surface area contributed by atoms with E-state index in [4.69, 9.17) is 9.72 Å². The molecule has 0 bridgehead atoms. The predicted molar refractivity (Wildman–Crippen MR) is 153 cm³/mol. The van der Waals surface area contributed by atoms with E-state index in [1.54, 1.807) is 11.0 Å². The zero-order valence-electron chi connectivity index (χ0n) is 22.7. The zero-order chi connectivity index (χ0) is 27.4. The molecule has 7 heteroatoms. The zero-order valence-corrected chi connectivity index (χ0v) is 22.7. The van der Waals surface area contributed by atoms with Gasteiger partial charge in [0.05, 0.1) is 11.8 Å². The molecule has 2 heterocycles. The number of nitrogens with one attached hydrogen (secondary N) is 1. The molecule has 0 unspecified atom stereocenters. The van der Waals surface area contributed by atoms with Crippen molar-refractivity contribution in [1.29, 1.82) is 0 Å². The number of imidazole rings is 1. The summed E-state index contributed by atoms with van der Waals surface area (Å²) in [6.07, 6.45) is 3.68. The van der Waals surface area contributed by atoms with Gasteiger partial charge in [-0.05, 0) is 57.4 Å². The van der Waals surface area contributed by atoms with E-state index in [-0.39, 0.29) is 24.5 Å². The predicted octanol–water partition coefficient (Wildman–Crippen LogP) is 5.72. The minimum absolute atomic E-state index is 0.0755. The highest BCUT2D eigenvalue weighted by atomic mass is 16.5. The van der Waals surface area contributed by atoms with Crippen LogP contribution in [0.5, 0.6) is 0 Å². The van der Waals surface area contributed by atoms with Crippen LogP contribution in [0.15, 0.2) is 79.0 Å². The summed E-state index contributed by atoms with van der Waals surface area (Å²) in [4.78, 5) is 33.4. The van der Waals surface area contributed by atoms with Crippen molar-refractivity contribution < 1.29 is 14.3 Å². The van der Waals surface area contributed by atoms with E-state index in [9.17, 15) is 9.59 Å². The van der Waals surface area contributed by atoms with Crippen LogP contribution in [0.2, 0.25) is 0 Å². The first-order valence-electron chi connectivity index (χ1n) is 13.4. The summed E-state index contributed by atoms with van der Waals surface area (Å²) in [5.41, 5.74) is 6.35. The molecule has 39 heavy (non-hydrogen) atoms. The summed E-state index contributed by atoms with van der Waals surface area (Å²) in [6, 6.07) is 23.6. The lowest BCUT2D eigenvalue weighted by Gasteiger charge is -2.25. The van der Waals surface area contributed by atoms with Gasteiger partial charge >= 0.3 is 0 Å². The Bertz CT molecular complexity index is 1450. The Morgan fingerprint density at radius 1 is 0.974 bits per heavy atom. The van der Waals surface area contributed by atoms with Crippen molar-refractivity contribution in [2.24, 2.45) is 0 Å². The van der Waals surface area contributed by atoms with Crippen molar-refractivity contribution >= 4 is 17.8 Å². The highest BCUT2D eigenvalue weighted by Gasteiger charge is 2.26. The van der Waals surface area contributed by atoms with E-state index < -0.39 is 0 Å². The van der Waals surface area contributed by atoms with Gasteiger partial charge in [-0.3, -0.25) is 19.5 Å². The lowest BCUT2D eigenvalue weighted by molar-refractivity contribution is -0.117. The number of hydrogen-bond acceptors (Lipinski definition) is 4. The minimum Gasteiger partial charge on any atom is -0.376 e. The maximum absolute atomic E-state index is 13.5. The molecule has 1 aliphatic heterocycles. The molecular weight excluding hydrogens is 488 g/mol. The molecular formula is C32H34N4O3. The van der Waals surface area contributed by atoms with Gasteiger partial charge in [0.1, 0.15) is 6.54 Å². The fourth-order valence-corrected chi connectivity index (χ4v) is 4.81. The summed E-state index contributed by atoms with van der Waals surface area (Å²) in [6.45, 7) is 6.92.